The molecule has 0 aliphatic heterocycles. The van der Waals surface area contributed by atoms with E-state index in [2.05, 4.69) is 47.1 Å². The molecular weight excluding hydrogens is 316 g/mol. The molecule has 2 nitrogen and oxygen atoms in total. The van der Waals surface area contributed by atoms with Crippen LogP contribution in [0.2, 0.25) is 0 Å². The van der Waals surface area contributed by atoms with Gasteiger partial charge in [-0.3, -0.25) is 0 Å². The van der Waals surface area contributed by atoms with Crippen molar-refractivity contribution in [3.8, 4) is 11.5 Å². The summed E-state index contributed by atoms with van der Waals surface area (Å²) in [6.45, 7) is 5.62. The molecule has 0 bridgehead atoms. The van der Waals surface area contributed by atoms with E-state index in [1.54, 1.807) is 0 Å². The number of fused-ring (bicyclic) bond motifs is 1. The van der Waals surface area contributed by atoms with Crippen LogP contribution in [0.15, 0.2) is 30.3 Å². The number of ether oxygens (including phenoxy) is 2. The van der Waals surface area contributed by atoms with Crippen LogP contribution < -0.4 is 9.47 Å². The van der Waals surface area contributed by atoms with Gasteiger partial charge in [0.2, 0.25) is 0 Å². The fourth-order valence-electron chi connectivity index (χ4n) is 2.35. The molecule has 0 atom stereocenters. The molecule has 2 aromatic rings. The molecule has 0 amide bonds. The van der Waals surface area contributed by atoms with Gasteiger partial charge in [-0.05, 0) is 48.7 Å². The first-order valence-electron chi connectivity index (χ1n) is 7.17. The maximum Gasteiger partial charge on any atom is 0.123 e. The highest BCUT2D eigenvalue weighted by atomic mass is 79.9. The molecule has 2 rings (SSSR count). The first-order valence-corrected chi connectivity index (χ1v) is 8.29. The van der Waals surface area contributed by atoms with Crippen LogP contribution in [0.5, 0.6) is 11.5 Å². The molecule has 3 heteroatoms. The van der Waals surface area contributed by atoms with Gasteiger partial charge in [0.05, 0.1) is 13.2 Å². The van der Waals surface area contributed by atoms with Gasteiger partial charge in [0.25, 0.3) is 0 Å². The van der Waals surface area contributed by atoms with Crippen molar-refractivity contribution in [3.05, 3.63) is 35.9 Å². The summed E-state index contributed by atoms with van der Waals surface area (Å²) in [6.07, 6.45) is 1.99. The molecule has 0 aliphatic rings. The zero-order chi connectivity index (χ0) is 14.4. The lowest BCUT2D eigenvalue weighted by Gasteiger charge is -2.13. The predicted molar refractivity (Wildman–Crippen MR) is 88.4 cm³/mol. The van der Waals surface area contributed by atoms with E-state index in [1.807, 2.05) is 13.0 Å². The zero-order valence-corrected chi connectivity index (χ0v) is 13.7. The highest BCUT2D eigenvalue weighted by molar-refractivity contribution is 9.09. The van der Waals surface area contributed by atoms with Crippen LogP contribution >= 0.6 is 15.9 Å². The molecular formula is C17H21BrO2. The number of halogens is 1. The van der Waals surface area contributed by atoms with Gasteiger partial charge in [0, 0.05) is 10.9 Å². The predicted octanol–water partition coefficient (Wildman–Crippen LogP) is 4.96. The van der Waals surface area contributed by atoms with Crippen LogP contribution in [0.1, 0.15) is 25.8 Å². The van der Waals surface area contributed by atoms with Crippen LogP contribution in [0.3, 0.4) is 0 Å². The van der Waals surface area contributed by atoms with E-state index in [1.165, 1.54) is 16.3 Å². The monoisotopic (exact) mass is 336 g/mol. The lowest BCUT2D eigenvalue weighted by atomic mass is 10.0. The molecule has 0 heterocycles. The molecule has 2 aromatic carbocycles. The van der Waals surface area contributed by atoms with Crippen LogP contribution in [0, 0.1) is 0 Å². The Balaban J connectivity index is 2.35. The quantitative estimate of drug-likeness (QED) is 0.525. The Kier molecular flexibility index (Phi) is 5.72. The summed E-state index contributed by atoms with van der Waals surface area (Å²) in [4.78, 5) is 0. The second kappa shape index (κ2) is 7.53. The van der Waals surface area contributed by atoms with Gasteiger partial charge in [0.15, 0.2) is 0 Å². The topological polar surface area (TPSA) is 18.5 Å². The van der Waals surface area contributed by atoms with Crippen molar-refractivity contribution >= 4 is 26.7 Å². The molecule has 0 aromatic heterocycles. The van der Waals surface area contributed by atoms with E-state index in [0.717, 1.165) is 36.3 Å². The van der Waals surface area contributed by atoms with Gasteiger partial charge in [-0.15, -0.1) is 0 Å². The number of hydrogen-bond acceptors (Lipinski definition) is 2. The number of aryl methyl sites for hydroxylation is 1. The third-order valence-electron chi connectivity index (χ3n) is 3.26. The van der Waals surface area contributed by atoms with E-state index >= 15 is 0 Å². The molecule has 0 N–H and O–H groups in total. The maximum absolute atomic E-state index is 5.89. The number of alkyl halides is 1. The first kappa shape index (κ1) is 15.2. The van der Waals surface area contributed by atoms with Crippen molar-refractivity contribution in [2.45, 2.75) is 26.7 Å². The summed E-state index contributed by atoms with van der Waals surface area (Å²) >= 11 is 3.43. The van der Waals surface area contributed by atoms with Gasteiger partial charge < -0.3 is 9.47 Å². The second-order valence-corrected chi connectivity index (χ2v) is 5.40. The molecule has 108 valence electrons. The summed E-state index contributed by atoms with van der Waals surface area (Å²) in [6, 6.07) is 10.5. The standard InChI is InChI=1S/C17H21BrO2/c1-3-15-16-8-7-14(19-4-2)12-13(16)6-9-17(15)20-11-5-10-18/h6-9,12H,3-5,10-11H2,1-2H3. The largest absolute Gasteiger partial charge is 0.494 e. The van der Waals surface area contributed by atoms with E-state index < -0.39 is 0 Å². The van der Waals surface area contributed by atoms with Crippen molar-refractivity contribution < 1.29 is 9.47 Å². The molecule has 0 fully saturated rings. The zero-order valence-electron chi connectivity index (χ0n) is 12.1. The van der Waals surface area contributed by atoms with Crippen molar-refractivity contribution in [1.82, 2.24) is 0 Å². The summed E-state index contributed by atoms with van der Waals surface area (Å²) in [5, 5.41) is 3.44. The molecule has 0 saturated carbocycles. The second-order valence-electron chi connectivity index (χ2n) is 4.60. The molecule has 0 radical (unpaired) electrons. The van der Waals surface area contributed by atoms with E-state index in [0.29, 0.717) is 6.61 Å². The van der Waals surface area contributed by atoms with Crippen molar-refractivity contribution in [1.29, 1.82) is 0 Å². The minimum atomic E-state index is 0.694. The highest BCUT2D eigenvalue weighted by Crippen LogP contribution is 2.31. The Hall–Kier alpha value is -1.22. The van der Waals surface area contributed by atoms with Gasteiger partial charge in [-0.25, -0.2) is 0 Å². The van der Waals surface area contributed by atoms with Gasteiger partial charge in [-0.2, -0.15) is 0 Å². The molecule has 0 unspecified atom stereocenters. The smallest absolute Gasteiger partial charge is 0.123 e. The summed E-state index contributed by atoms with van der Waals surface area (Å²) < 4.78 is 11.5. The van der Waals surface area contributed by atoms with Crippen LogP contribution in [0.25, 0.3) is 10.8 Å². The normalized spacial score (nSPS) is 10.8. The molecule has 0 saturated heterocycles. The lowest BCUT2D eigenvalue weighted by molar-refractivity contribution is 0.316. The SMILES string of the molecule is CCOc1ccc2c(CC)c(OCCCBr)ccc2c1. The van der Waals surface area contributed by atoms with E-state index in [9.17, 15) is 0 Å². The van der Waals surface area contributed by atoms with Gasteiger partial charge in [0.1, 0.15) is 11.5 Å². The van der Waals surface area contributed by atoms with Crippen molar-refractivity contribution in [3.63, 3.8) is 0 Å². The Morgan fingerprint density at radius 2 is 1.90 bits per heavy atom. The third-order valence-corrected chi connectivity index (χ3v) is 3.82. The summed E-state index contributed by atoms with van der Waals surface area (Å²) in [7, 11) is 0. The number of hydrogen-bond donors (Lipinski definition) is 0. The Morgan fingerprint density at radius 3 is 2.60 bits per heavy atom. The van der Waals surface area contributed by atoms with Crippen LogP contribution in [-0.2, 0) is 6.42 Å². The van der Waals surface area contributed by atoms with Crippen LogP contribution in [0.4, 0.5) is 0 Å². The first-order chi connectivity index (χ1) is 9.80. The highest BCUT2D eigenvalue weighted by Gasteiger charge is 2.08. The average Bonchev–Trinajstić information content (AvgIpc) is 2.47. The van der Waals surface area contributed by atoms with Crippen molar-refractivity contribution in [2.24, 2.45) is 0 Å². The van der Waals surface area contributed by atoms with Crippen LogP contribution in [-0.4, -0.2) is 18.5 Å². The fourth-order valence-corrected chi connectivity index (χ4v) is 2.57. The molecule has 20 heavy (non-hydrogen) atoms. The number of benzene rings is 2. The Morgan fingerprint density at radius 1 is 1.05 bits per heavy atom. The molecule has 0 spiro atoms. The minimum absolute atomic E-state index is 0.694. The van der Waals surface area contributed by atoms with E-state index in [4.69, 9.17) is 9.47 Å². The fraction of sp³-hybridized carbons (Fsp3) is 0.412. The maximum atomic E-state index is 5.89. The Bertz CT molecular complexity index is 566. The summed E-state index contributed by atoms with van der Waals surface area (Å²) in [5.74, 6) is 1.93. The summed E-state index contributed by atoms with van der Waals surface area (Å²) in [5.41, 5.74) is 1.28. The third kappa shape index (κ3) is 3.45. The Labute approximate surface area is 129 Å². The van der Waals surface area contributed by atoms with Gasteiger partial charge >= 0.3 is 0 Å². The number of rotatable bonds is 7. The van der Waals surface area contributed by atoms with E-state index in [-0.39, 0.29) is 0 Å². The van der Waals surface area contributed by atoms with Gasteiger partial charge in [-0.1, -0.05) is 35.0 Å². The average molecular weight is 337 g/mol. The van der Waals surface area contributed by atoms with Crippen molar-refractivity contribution in [2.75, 3.05) is 18.5 Å². The minimum Gasteiger partial charge on any atom is -0.494 e. The molecule has 0 aliphatic carbocycles. The lowest BCUT2D eigenvalue weighted by Crippen LogP contribution is -2.01.